The van der Waals surface area contributed by atoms with Crippen LogP contribution in [0.4, 0.5) is 5.69 Å². The molecule has 1 aliphatic carbocycles. The Bertz CT molecular complexity index is 605. The molecule has 0 unspecified atom stereocenters. The molecule has 0 aromatic heterocycles. The van der Waals surface area contributed by atoms with E-state index in [9.17, 15) is 19.5 Å². The van der Waals surface area contributed by atoms with E-state index in [-0.39, 0.29) is 12.3 Å². The molecule has 22 heavy (non-hydrogen) atoms. The van der Waals surface area contributed by atoms with E-state index in [1.165, 1.54) is 0 Å². The van der Waals surface area contributed by atoms with Gasteiger partial charge in [0.15, 0.2) is 0 Å². The molecule has 0 saturated heterocycles. The number of hydrogen-bond acceptors (Lipinski definition) is 3. The number of rotatable bonds is 5. The zero-order valence-electron chi connectivity index (χ0n) is 11.9. The van der Waals surface area contributed by atoms with Crippen LogP contribution in [-0.4, -0.2) is 28.1 Å². The maximum atomic E-state index is 12.2. The van der Waals surface area contributed by atoms with Crippen molar-refractivity contribution in [3.8, 4) is 0 Å². The topological polar surface area (TPSA) is 104 Å². The number of anilines is 1. The second-order valence-corrected chi connectivity index (χ2v) is 5.25. The van der Waals surface area contributed by atoms with Crippen molar-refractivity contribution in [2.24, 2.45) is 11.8 Å². The lowest BCUT2D eigenvalue weighted by Crippen LogP contribution is -2.34. The molecule has 6 heteroatoms. The van der Waals surface area contributed by atoms with Crippen molar-refractivity contribution in [1.29, 1.82) is 0 Å². The number of nitrogens with one attached hydrogen (secondary N) is 1. The quantitative estimate of drug-likeness (QED) is 0.721. The summed E-state index contributed by atoms with van der Waals surface area (Å²) in [6.45, 7) is 0. The molecule has 3 N–H and O–H groups in total. The van der Waals surface area contributed by atoms with Gasteiger partial charge in [0, 0.05) is 5.69 Å². The van der Waals surface area contributed by atoms with E-state index in [4.69, 9.17) is 5.11 Å². The Kier molecular flexibility index (Phi) is 4.93. The van der Waals surface area contributed by atoms with Gasteiger partial charge in [-0.2, -0.15) is 0 Å². The minimum atomic E-state index is -0.971. The number of benzene rings is 1. The number of carbonyl (C=O) groups is 3. The number of carboxylic acids is 2. The lowest BCUT2D eigenvalue weighted by atomic mass is 9.82. The summed E-state index contributed by atoms with van der Waals surface area (Å²) in [4.78, 5) is 34.0. The van der Waals surface area contributed by atoms with E-state index >= 15 is 0 Å². The van der Waals surface area contributed by atoms with Gasteiger partial charge in [0.2, 0.25) is 5.91 Å². The smallest absolute Gasteiger partial charge is 0.307 e. The minimum absolute atomic E-state index is 0.0806. The highest BCUT2D eigenvalue weighted by Crippen LogP contribution is 2.27. The van der Waals surface area contributed by atoms with Gasteiger partial charge < -0.3 is 15.5 Å². The van der Waals surface area contributed by atoms with E-state index in [0.717, 1.165) is 0 Å². The fraction of sp³-hybridized carbons (Fsp3) is 0.312. The SMILES string of the molecule is O=C(O)Cc1ccc(NC(=O)[C@@H]2CC=CC[C@H]2C(=O)O)cc1. The van der Waals surface area contributed by atoms with Gasteiger partial charge in [-0.25, -0.2) is 0 Å². The standard InChI is InChI=1S/C16H17NO5/c18-14(19)9-10-5-7-11(8-6-10)17-15(20)12-3-1-2-4-13(12)16(21)22/h1-2,5-8,12-13H,3-4,9H2,(H,17,20)(H,18,19)(H,21,22)/t12-,13-/m1/s1. The third-order valence-corrected chi connectivity index (χ3v) is 3.66. The van der Waals surface area contributed by atoms with Crippen molar-refractivity contribution < 1.29 is 24.6 Å². The van der Waals surface area contributed by atoms with Gasteiger partial charge in [0.25, 0.3) is 0 Å². The van der Waals surface area contributed by atoms with Gasteiger partial charge in [-0.3, -0.25) is 14.4 Å². The van der Waals surface area contributed by atoms with E-state index in [0.29, 0.717) is 24.1 Å². The molecular formula is C16H17NO5. The molecular weight excluding hydrogens is 286 g/mol. The number of carboxylic acid groups (broad SMARTS) is 2. The lowest BCUT2D eigenvalue weighted by molar-refractivity contribution is -0.146. The Hall–Kier alpha value is -2.63. The minimum Gasteiger partial charge on any atom is -0.481 e. The van der Waals surface area contributed by atoms with Crippen LogP contribution in [0, 0.1) is 11.8 Å². The molecule has 0 spiro atoms. The highest BCUT2D eigenvalue weighted by atomic mass is 16.4. The van der Waals surface area contributed by atoms with Crippen LogP contribution in [0.1, 0.15) is 18.4 Å². The first-order chi connectivity index (χ1) is 10.5. The first-order valence-electron chi connectivity index (χ1n) is 6.97. The van der Waals surface area contributed by atoms with Crippen LogP contribution >= 0.6 is 0 Å². The molecule has 1 aromatic carbocycles. The molecule has 6 nitrogen and oxygen atoms in total. The third kappa shape index (κ3) is 3.94. The summed E-state index contributed by atoms with van der Waals surface area (Å²) in [6, 6.07) is 6.48. The largest absolute Gasteiger partial charge is 0.481 e. The number of carbonyl (C=O) groups excluding carboxylic acids is 1. The van der Waals surface area contributed by atoms with Crippen molar-refractivity contribution in [1.82, 2.24) is 0 Å². The zero-order chi connectivity index (χ0) is 16.1. The van der Waals surface area contributed by atoms with E-state index in [1.807, 2.05) is 6.08 Å². The number of amides is 1. The molecule has 0 fully saturated rings. The van der Waals surface area contributed by atoms with Crippen LogP contribution < -0.4 is 5.32 Å². The second-order valence-electron chi connectivity index (χ2n) is 5.25. The average Bonchev–Trinajstić information content (AvgIpc) is 2.48. The Morgan fingerprint density at radius 1 is 1.00 bits per heavy atom. The predicted molar refractivity (Wildman–Crippen MR) is 79.4 cm³/mol. The summed E-state index contributed by atoms with van der Waals surface area (Å²) in [5.74, 6) is -3.53. The summed E-state index contributed by atoms with van der Waals surface area (Å²) in [5.41, 5.74) is 1.16. The van der Waals surface area contributed by atoms with Crippen LogP contribution in [0.5, 0.6) is 0 Å². The van der Waals surface area contributed by atoms with Crippen LogP contribution in [0.25, 0.3) is 0 Å². The molecule has 0 heterocycles. The molecule has 1 aliphatic rings. The first kappa shape index (κ1) is 15.8. The normalized spacial score (nSPS) is 20.4. The van der Waals surface area contributed by atoms with E-state index < -0.39 is 23.8 Å². The average molecular weight is 303 g/mol. The van der Waals surface area contributed by atoms with Crippen molar-refractivity contribution in [2.45, 2.75) is 19.3 Å². The molecule has 0 aliphatic heterocycles. The summed E-state index contributed by atoms with van der Waals surface area (Å²) in [7, 11) is 0. The molecule has 0 bridgehead atoms. The summed E-state index contributed by atoms with van der Waals surface area (Å²) < 4.78 is 0. The number of hydrogen-bond donors (Lipinski definition) is 3. The fourth-order valence-corrected chi connectivity index (χ4v) is 2.49. The van der Waals surface area contributed by atoms with Gasteiger partial charge in [-0.05, 0) is 30.5 Å². The van der Waals surface area contributed by atoms with Gasteiger partial charge in [0.1, 0.15) is 0 Å². The maximum Gasteiger partial charge on any atom is 0.307 e. The molecule has 1 amide bonds. The van der Waals surface area contributed by atoms with Crippen LogP contribution in [0.3, 0.4) is 0 Å². The number of aliphatic carboxylic acids is 2. The first-order valence-corrected chi connectivity index (χ1v) is 6.97. The lowest BCUT2D eigenvalue weighted by Gasteiger charge is -2.24. The third-order valence-electron chi connectivity index (χ3n) is 3.66. The summed E-state index contributed by atoms with van der Waals surface area (Å²) in [6.07, 6.45) is 4.27. The summed E-state index contributed by atoms with van der Waals surface area (Å²) >= 11 is 0. The number of allylic oxidation sites excluding steroid dienone is 2. The molecule has 2 rings (SSSR count). The van der Waals surface area contributed by atoms with Crippen molar-refractivity contribution in [3.63, 3.8) is 0 Å². The van der Waals surface area contributed by atoms with Crippen molar-refractivity contribution in [2.75, 3.05) is 5.32 Å². The van der Waals surface area contributed by atoms with Gasteiger partial charge in [-0.15, -0.1) is 0 Å². The van der Waals surface area contributed by atoms with E-state index in [1.54, 1.807) is 30.3 Å². The monoisotopic (exact) mass is 303 g/mol. The van der Waals surface area contributed by atoms with Gasteiger partial charge >= 0.3 is 11.9 Å². The van der Waals surface area contributed by atoms with Crippen LogP contribution in [0.2, 0.25) is 0 Å². The molecule has 2 atom stereocenters. The Labute approximate surface area is 127 Å². The fourth-order valence-electron chi connectivity index (χ4n) is 2.49. The van der Waals surface area contributed by atoms with Crippen molar-refractivity contribution >= 4 is 23.5 Å². The maximum absolute atomic E-state index is 12.2. The van der Waals surface area contributed by atoms with Gasteiger partial charge in [-0.1, -0.05) is 24.3 Å². The predicted octanol–water partition coefficient (Wildman–Crippen LogP) is 1.92. The highest BCUT2D eigenvalue weighted by molar-refractivity contribution is 5.95. The second kappa shape index (κ2) is 6.89. The van der Waals surface area contributed by atoms with Gasteiger partial charge in [0.05, 0.1) is 18.3 Å². The zero-order valence-corrected chi connectivity index (χ0v) is 11.9. The molecule has 1 aromatic rings. The van der Waals surface area contributed by atoms with Crippen molar-refractivity contribution in [3.05, 3.63) is 42.0 Å². The molecule has 0 saturated carbocycles. The van der Waals surface area contributed by atoms with E-state index in [2.05, 4.69) is 5.32 Å². The highest BCUT2D eigenvalue weighted by Gasteiger charge is 2.33. The molecule has 0 radical (unpaired) electrons. The Morgan fingerprint density at radius 3 is 2.14 bits per heavy atom. The van der Waals surface area contributed by atoms with Crippen LogP contribution in [0.15, 0.2) is 36.4 Å². The Balaban J connectivity index is 2.03. The Morgan fingerprint density at radius 2 is 1.59 bits per heavy atom. The summed E-state index contributed by atoms with van der Waals surface area (Å²) in [5, 5.41) is 20.6. The molecule has 116 valence electrons. The van der Waals surface area contributed by atoms with Crippen LogP contribution in [-0.2, 0) is 20.8 Å².